The molecule has 23 heavy (non-hydrogen) atoms. The minimum absolute atomic E-state index is 0.303. The minimum Gasteiger partial charge on any atom is -0.462 e. The van der Waals surface area contributed by atoms with Gasteiger partial charge in [0.1, 0.15) is 11.5 Å². The lowest BCUT2D eigenvalue weighted by Gasteiger charge is -2.20. The number of hydrogen-bond donors (Lipinski definition) is 3. The lowest BCUT2D eigenvalue weighted by Crippen LogP contribution is -3.08. The first kappa shape index (κ1) is 17.7. The largest absolute Gasteiger partial charge is 0.462 e. The predicted molar refractivity (Wildman–Crippen MR) is 91.3 cm³/mol. The third-order valence-electron chi connectivity index (χ3n) is 3.55. The molecule has 0 saturated heterocycles. The molecule has 3 N–H and O–H groups in total. The van der Waals surface area contributed by atoms with Crippen LogP contribution in [0.15, 0.2) is 0 Å². The summed E-state index contributed by atoms with van der Waals surface area (Å²) in [5.41, 5.74) is 1.23. The van der Waals surface area contributed by atoms with E-state index < -0.39 is 0 Å². The van der Waals surface area contributed by atoms with E-state index in [4.69, 9.17) is 4.74 Å². The fraction of sp³-hybridized carbons (Fsp3) is 0.625. The van der Waals surface area contributed by atoms with Gasteiger partial charge in [0.15, 0.2) is 0 Å². The van der Waals surface area contributed by atoms with E-state index in [1.165, 1.54) is 16.2 Å². The Balaban J connectivity index is 2.30. The quantitative estimate of drug-likeness (QED) is 0.729. The molecule has 0 aromatic carbocycles. The molecule has 2 rings (SSSR count). The van der Waals surface area contributed by atoms with Gasteiger partial charge in [-0.3, -0.25) is 5.32 Å². The smallest absolute Gasteiger partial charge is 0.341 e. The number of urea groups is 1. The van der Waals surface area contributed by atoms with Crippen molar-refractivity contribution >= 4 is 28.3 Å². The maximum atomic E-state index is 12.4. The summed E-state index contributed by atoms with van der Waals surface area (Å²) in [5, 5.41) is 6.28. The fourth-order valence-corrected chi connectivity index (χ4v) is 3.95. The van der Waals surface area contributed by atoms with Crippen molar-refractivity contribution in [3.63, 3.8) is 0 Å². The van der Waals surface area contributed by atoms with Crippen molar-refractivity contribution in [2.75, 3.05) is 25.5 Å². The molecule has 1 aromatic heterocycles. The molecule has 0 aliphatic carbocycles. The number of thiophene rings is 1. The highest BCUT2D eigenvalue weighted by molar-refractivity contribution is 7.16. The zero-order chi connectivity index (χ0) is 17.2. The van der Waals surface area contributed by atoms with Gasteiger partial charge in [0, 0.05) is 12.0 Å². The Hall–Kier alpha value is -1.60. The zero-order valence-corrected chi connectivity index (χ0v) is 15.3. The zero-order valence-electron chi connectivity index (χ0n) is 14.5. The van der Waals surface area contributed by atoms with Gasteiger partial charge in [-0.2, -0.15) is 0 Å². The van der Waals surface area contributed by atoms with E-state index in [2.05, 4.69) is 17.7 Å². The highest BCUT2D eigenvalue weighted by Crippen LogP contribution is 2.35. The van der Waals surface area contributed by atoms with Crippen LogP contribution >= 0.6 is 11.3 Å². The summed E-state index contributed by atoms with van der Waals surface area (Å²) < 4.78 is 5.19. The van der Waals surface area contributed by atoms with E-state index in [1.807, 2.05) is 20.8 Å². The van der Waals surface area contributed by atoms with Crippen LogP contribution in [0.25, 0.3) is 0 Å². The van der Waals surface area contributed by atoms with Crippen molar-refractivity contribution in [2.45, 2.75) is 46.2 Å². The number of carbonyl (C=O) groups excluding carboxylic acids is 2. The number of anilines is 1. The highest BCUT2D eigenvalue weighted by atomic mass is 32.1. The second kappa shape index (κ2) is 6.88. The summed E-state index contributed by atoms with van der Waals surface area (Å²) in [6.07, 6.45) is 0.828. The van der Waals surface area contributed by atoms with Gasteiger partial charge in [-0.25, -0.2) is 9.59 Å². The molecule has 0 spiro atoms. The maximum absolute atomic E-state index is 12.4. The van der Waals surface area contributed by atoms with Gasteiger partial charge in [0.05, 0.1) is 30.6 Å². The van der Waals surface area contributed by atoms with E-state index in [0.29, 0.717) is 17.2 Å². The van der Waals surface area contributed by atoms with Crippen LogP contribution in [0.4, 0.5) is 9.80 Å². The first-order chi connectivity index (χ1) is 10.7. The predicted octanol–water partition coefficient (Wildman–Crippen LogP) is 1.42. The summed E-state index contributed by atoms with van der Waals surface area (Å²) in [4.78, 5) is 27.1. The minimum atomic E-state index is -0.351. The molecule has 2 amide bonds. The second-order valence-electron chi connectivity index (χ2n) is 6.89. The molecule has 128 valence electrons. The lowest BCUT2D eigenvalue weighted by molar-refractivity contribution is -0.895. The van der Waals surface area contributed by atoms with Crippen molar-refractivity contribution in [3.05, 3.63) is 16.0 Å². The van der Waals surface area contributed by atoms with Crippen LogP contribution in [-0.4, -0.2) is 37.7 Å². The van der Waals surface area contributed by atoms with E-state index >= 15 is 0 Å². The third-order valence-corrected chi connectivity index (χ3v) is 4.70. The first-order valence-electron chi connectivity index (χ1n) is 7.93. The molecule has 6 nitrogen and oxygen atoms in total. The van der Waals surface area contributed by atoms with Crippen LogP contribution in [0.1, 0.15) is 48.5 Å². The van der Waals surface area contributed by atoms with Crippen LogP contribution in [0.5, 0.6) is 0 Å². The van der Waals surface area contributed by atoms with E-state index in [0.717, 1.165) is 30.0 Å². The summed E-state index contributed by atoms with van der Waals surface area (Å²) in [6, 6.07) is -0.303. The molecule has 0 radical (unpaired) electrons. The molecule has 0 saturated carbocycles. The molecule has 1 unspecified atom stereocenters. The summed E-state index contributed by atoms with van der Waals surface area (Å²) in [5.74, 6) is -0.351. The molecule has 1 aliphatic heterocycles. The van der Waals surface area contributed by atoms with Gasteiger partial charge >= 0.3 is 12.0 Å². The number of amides is 2. The molecular weight excluding hydrogens is 314 g/mol. The normalized spacial score (nSPS) is 17.3. The molecular formula is C16H26N3O3S+. The average molecular weight is 340 g/mol. The number of esters is 1. The number of nitrogens with one attached hydrogen (secondary N) is 3. The van der Waals surface area contributed by atoms with E-state index in [9.17, 15) is 9.59 Å². The summed E-state index contributed by atoms with van der Waals surface area (Å²) in [6.45, 7) is 9.69. The average Bonchev–Trinajstić information content (AvgIpc) is 2.73. The van der Waals surface area contributed by atoms with Crippen molar-refractivity contribution in [1.82, 2.24) is 5.32 Å². The highest BCUT2D eigenvalue weighted by Gasteiger charge is 2.30. The number of quaternary nitrogens is 1. The molecule has 0 bridgehead atoms. The second-order valence-corrected chi connectivity index (χ2v) is 8.00. The molecule has 7 heteroatoms. The maximum Gasteiger partial charge on any atom is 0.341 e. The fourth-order valence-electron chi connectivity index (χ4n) is 2.60. The molecule has 0 fully saturated rings. The molecule has 1 atom stereocenters. The lowest BCUT2D eigenvalue weighted by atomic mass is 10.0. The van der Waals surface area contributed by atoms with Crippen molar-refractivity contribution in [1.29, 1.82) is 0 Å². The summed E-state index contributed by atoms with van der Waals surface area (Å²) >= 11 is 1.48. The number of rotatable bonds is 3. The van der Waals surface area contributed by atoms with Gasteiger partial charge in [-0.15, -0.1) is 11.3 Å². The van der Waals surface area contributed by atoms with Gasteiger partial charge < -0.3 is 15.0 Å². The van der Waals surface area contributed by atoms with Crippen LogP contribution < -0.4 is 15.5 Å². The third kappa shape index (κ3) is 4.45. The van der Waals surface area contributed by atoms with Gasteiger partial charge in [-0.05, 0) is 33.3 Å². The van der Waals surface area contributed by atoms with Crippen molar-refractivity contribution in [2.24, 2.45) is 0 Å². The van der Waals surface area contributed by atoms with E-state index in [1.54, 1.807) is 6.92 Å². The number of fused-ring (bicyclic) bond motifs is 1. The van der Waals surface area contributed by atoms with Crippen molar-refractivity contribution < 1.29 is 19.2 Å². The van der Waals surface area contributed by atoms with Gasteiger partial charge in [0.25, 0.3) is 0 Å². The van der Waals surface area contributed by atoms with Crippen LogP contribution in [0.2, 0.25) is 0 Å². The van der Waals surface area contributed by atoms with Crippen LogP contribution in [0, 0.1) is 0 Å². The Morgan fingerprint density at radius 1 is 1.35 bits per heavy atom. The number of carbonyl (C=O) groups is 2. The monoisotopic (exact) mass is 340 g/mol. The summed E-state index contributed by atoms with van der Waals surface area (Å²) in [7, 11) is 2.13. The van der Waals surface area contributed by atoms with Gasteiger partial charge in [0.2, 0.25) is 0 Å². The SMILES string of the molecule is CCOC(=O)c1c(NC(=O)NC(C)(C)C)sc2c1CC[NH+](C)C2. The van der Waals surface area contributed by atoms with Gasteiger partial charge in [-0.1, -0.05) is 0 Å². The standard InChI is InChI=1S/C16H25N3O3S/c1-6-22-14(20)12-10-7-8-19(5)9-11(10)23-13(12)17-15(21)18-16(2,3)4/h6-9H2,1-5H3,(H2,17,18,21)/p+1. The Labute approximate surface area is 141 Å². The number of hydrogen-bond acceptors (Lipinski definition) is 4. The Kier molecular flexibility index (Phi) is 5.31. The number of likely N-dealkylation sites (N-methyl/N-ethyl adjacent to an activating group) is 1. The topological polar surface area (TPSA) is 71.9 Å². The number of ether oxygens (including phenoxy) is 1. The first-order valence-corrected chi connectivity index (χ1v) is 8.75. The van der Waals surface area contributed by atoms with Crippen LogP contribution in [0.3, 0.4) is 0 Å². The Bertz CT molecular complexity index is 604. The molecule has 1 aliphatic rings. The molecule has 2 heterocycles. The van der Waals surface area contributed by atoms with Crippen molar-refractivity contribution in [3.8, 4) is 0 Å². The van der Waals surface area contributed by atoms with E-state index in [-0.39, 0.29) is 17.5 Å². The Morgan fingerprint density at radius 2 is 2.04 bits per heavy atom. The molecule has 1 aromatic rings. The Morgan fingerprint density at radius 3 is 2.65 bits per heavy atom. The van der Waals surface area contributed by atoms with Crippen LogP contribution in [-0.2, 0) is 17.7 Å².